The molecule has 0 radical (unpaired) electrons. The highest BCUT2D eigenvalue weighted by Crippen LogP contribution is 2.25. The number of ketones is 1. The normalized spacial score (nSPS) is 29.2. The summed E-state index contributed by atoms with van der Waals surface area (Å²) in [6.45, 7) is 1.42. The number of Topliss-reactive ketones (excluding diaryl/α,β-unsaturated/α-hetero) is 1. The van der Waals surface area contributed by atoms with Gasteiger partial charge < -0.3 is 21.1 Å². The molecule has 128 valence electrons. The van der Waals surface area contributed by atoms with E-state index in [9.17, 15) is 24.3 Å². The minimum absolute atomic E-state index is 0.0587. The molecule has 8 nitrogen and oxygen atoms in total. The fourth-order valence-corrected chi connectivity index (χ4v) is 3.42. The van der Waals surface area contributed by atoms with Crippen LogP contribution in [0.5, 0.6) is 0 Å². The van der Waals surface area contributed by atoms with E-state index in [0.717, 1.165) is 0 Å². The molecular weight excluding hydrogens is 302 g/mol. The Balaban J connectivity index is 2.07. The minimum Gasteiger partial charge on any atom is -0.391 e. The molecule has 0 bridgehead atoms. The first-order valence-electron chi connectivity index (χ1n) is 7.86. The first kappa shape index (κ1) is 17.4. The van der Waals surface area contributed by atoms with E-state index in [1.807, 2.05) is 0 Å². The number of carbonyl (C=O) groups is 4. The van der Waals surface area contributed by atoms with Crippen molar-refractivity contribution in [3.05, 3.63) is 0 Å². The van der Waals surface area contributed by atoms with Crippen LogP contribution in [-0.4, -0.2) is 58.2 Å². The molecule has 1 aliphatic heterocycles. The number of nitrogens with two attached hydrogens (primary N) is 1. The maximum atomic E-state index is 12.4. The second-order valence-electron chi connectivity index (χ2n) is 6.36. The van der Waals surface area contributed by atoms with Gasteiger partial charge in [0.05, 0.1) is 6.10 Å². The van der Waals surface area contributed by atoms with Crippen molar-refractivity contribution in [2.24, 2.45) is 11.7 Å². The number of primary amides is 1. The van der Waals surface area contributed by atoms with Crippen LogP contribution in [0.15, 0.2) is 0 Å². The Hall–Kier alpha value is -1.96. The van der Waals surface area contributed by atoms with E-state index in [4.69, 9.17) is 5.73 Å². The second kappa shape index (κ2) is 7.08. The van der Waals surface area contributed by atoms with Gasteiger partial charge in [-0.3, -0.25) is 19.2 Å². The van der Waals surface area contributed by atoms with Crippen LogP contribution in [0, 0.1) is 5.92 Å². The molecule has 0 aromatic carbocycles. The van der Waals surface area contributed by atoms with Crippen molar-refractivity contribution in [3.8, 4) is 0 Å². The van der Waals surface area contributed by atoms with E-state index in [1.165, 1.54) is 11.8 Å². The molecule has 0 aromatic rings. The fourth-order valence-electron chi connectivity index (χ4n) is 3.42. The number of amides is 3. The van der Waals surface area contributed by atoms with Crippen molar-refractivity contribution < 1.29 is 24.3 Å². The van der Waals surface area contributed by atoms with Gasteiger partial charge in [-0.2, -0.15) is 0 Å². The van der Waals surface area contributed by atoms with Gasteiger partial charge in [0, 0.05) is 32.7 Å². The number of aliphatic hydroxyl groups excluding tert-OH is 1. The van der Waals surface area contributed by atoms with Crippen LogP contribution in [0.1, 0.15) is 39.0 Å². The molecule has 0 aromatic heterocycles. The van der Waals surface area contributed by atoms with Gasteiger partial charge in [-0.15, -0.1) is 0 Å². The summed E-state index contributed by atoms with van der Waals surface area (Å²) < 4.78 is 0. The summed E-state index contributed by atoms with van der Waals surface area (Å²) in [5.74, 6) is -1.77. The lowest BCUT2D eigenvalue weighted by Gasteiger charge is -2.30. The zero-order valence-electron chi connectivity index (χ0n) is 13.2. The quantitative estimate of drug-likeness (QED) is 0.591. The molecule has 1 aliphatic carbocycles. The number of nitrogens with one attached hydrogen (secondary N) is 1. The third kappa shape index (κ3) is 4.07. The van der Waals surface area contributed by atoms with Crippen molar-refractivity contribution in [1.29, 1.82) is 0 Å². The number of aliphatic hydroxyl groups is 1. The summed E-state index contributed by atoms with van der Waals surface area (Å²) in [4.78, 5) is 48.6. The maximum Gasteiger partial charge on any atom is 0.243 e. The molecule has 2 rings (SSSR count). The van der Waals surface area contributed by atoms with Gasteiger partial charge >= 0.3 is 0 Å². The maximum absolute atomic E-state index is 12.4. The van der Waals surface area contributed by atoms with E-state index >= 15 is 0 Å². The van der Waals surface area contributed by atoms with E-state index in [0.29, 0.717) is 19.3 Å². The Morgan fingerprint density at radius 2 is 2.09 bits per heavy atom. The Kier molecular flexibility index (Phi) is 5.35. The molecule has 1 saturated heterocycles. The topological polar surface area (TPSA) is 130 Å². The zero-order chi connectivity index (χ0) is 17.1. The van der Waals surface area contributed by atoms with Gasteiger partial charge in [0.2, 0.25) is 17.7 Å². The van der Waals surface area contributed by atoms with Crippen LogP contribution >= 0.6 is 0 Å². The van der Waals surface area contributed by atoms with E-state index in [-0.39, 0.29) is 37.0 Å². The molecule has 3 amide bonds. The zero-order valence-corrected chi connectivity index (χ0v) is 13.2. The molecular formula is C15H23N3O5. The first-order valence-corrected chi connectivity index (χ1v) is 7.86. The summed E-state index contributed by atoms with van der Waals surface area (Å²) in [5.41, 5.74) is 5.39. The lowest BCUT2D eigenvalue weighted by molar-refractivity contribution is -0.138. The number of hydrogen-bond acceptors (Lipinski definition) is 5. The first-order chi connectivity index (χ1) is 10.8. The van der Waals surface area contributed by atoms with Gasteiger partial charge in [-0.25, -0.2) is 0 Å². The van der Waals surface area contributed by atoms with Crippen molar-refractivity contribution in [2.75, 3.05) is 6.54 Å². The van der Waals surface area contributed by atoms with Crippen LogP contribution in [0.2, 0.25) is 0 Å². The van der Waals surface area contributed by atoms with Crippen LogP contribution in [0.3, 0.4) is 0 Å². The van der Waals surface area contributed by atoms with Gasteiger partial charge in [-0.05, 0) is 18.8 Å². The van der Waals surface area contributed by atoms with Crippen molar-refractivity contribution in [1.82, 2.24) is 10.2 Å². The highest BCUT2D eigenvalue weighted by molar-refractivity contribution is 5.92. The highest BCUT2D eigenvalue weighted by Gasteiger charge is 2.40. The summed E-state index contributed by atoms with van der Waals surface area (Å²) in [6, 6.07) is -1.75. The second-order valence-corrected chi connectivity index (χ2v) is 6.36. The largest absolute Gasteiger partial charge is 0.391 e. The summed E-state index contributed by atoms with van der Waals surface area (Å²) in [6.07, 6.45) is 1.38. The lowest BCUT2D eigenvalue weighted by Crippen LogP contribution is -2.55. The van der Waals surface area contributed by atoms with Crippen LogP contribution in [0.25, 0.3) is 0 Å². The predicted octanol–water partition coefficient (Wildman–Crippen LogP) is -1.30. The molecule has 23 heavy (non-hydrogen) atoms. The number of hydrogen-bond donors (Lipinski definition) is 3. The number of nitrogens with zero attached hydrogens (tertiary/aromatic N) is 1. The molecule has 1 heterocycles. The Morgan fingerprint density at radius 3 is 2.65 bits per heavy atom. The van der Waals surface area contributed by atoms with Crippen LogP contribution in [0.4, 0.5) is 0 Å². The lowest BCUT2D eigenvalue weighted by atomic mass is 9.82. The standard InChI is InChI=1S/C15H23N3O5/c1-8(19)18-7-11(21)6-12(18)15(23)17-13(14(16)22)9-3-2-4-10(20)5-9/h9,11-13,21H,2-7H2,1H3,(H2,16,22)(H,17,23)/t9-,11+,12-,13-/m0/s1. The SMILES string of the molecule is CC(=O)N1C[C@H](O)C[C@H]1C(=O)N[C@H](C(N)=O)[C@H]1CCCC(=O)C1. The summed E-state index contributed by atoms with van der Waals surface area (Å²) >= 11 is 0. The van der Waals surface area contributed by atoms with Crippen molar-refractivity contribution >= 4 is 23.5 Å². The molecule has 0 unspecified atom stereocenters. The van der Waals surface area contributed by atoms with E-state index in [1.54, 1.807) is 0 Å². The van der Waals surface area contributed by atoms with Gasteiger partial charge in [-0.1, -0.05) is 0 Å². The highest BCUT2D eigenvalue weighted by atomic mass is 16.3. The average molecular weight is 325 g/mol. The number of carbonyl (C=O) groups excluding carboxylic acids is 4. The van der Waals surface area contributed by atoms with Gasteiger partial charge in [0.25, 0.3) is 0 Å². The predicted molar refractivity (Wildman–Crippen MR) is 79.9 cm³/mol. The fraction of sp³-hybridized carbons (Fsp3) is 0.733. The van der Waals surface area contributed by atoms with Gasteiger partial charge in [0.1, 0.15) is 17.9 Å². The minimum atomic E-state index is -0.932. The Bertz CT molecular complexity index is 521. The average Bonchev–Trinajstić information content (AvgIpc) is 2.86. The third-order valence-electron chi connectivity index (χ3n) is 4.58. The van der Waals surface area contributed by atoms with Gasteiger partial charge in [0.15, 0.2) is 0 Å². The smallest absolute Gasteiger partial charge is 0.243 e. The third-order valence-corrected chi connectivity index (χ3v) is 4.58. The Morgan fingerprint density at radius 1 is 1.39 bits per heavy atom. The van der Waals surface area contributed by atoms with Crippen molar-refractivity contribution in [2.45, 2.75) is 57.2 Å². The Labute approximate surface area is 134 Å². The number of rotatable bonds is 4. The molecule has 2 fully saturated rings. The van der Waals surface area contributed by atoms with Crippen LogP contribution in [-0.2, 0) is 19.2 Å². The molecule has 2 aliphatic rings. The molecule has 8 heteroatoms. The van der Waals surface area contributed by atoms with Crippen molar-refractivity contribution in [3.63, 3.8) is 0 Å². The van der Waals surface area contributed by atoms with E-state index in [2.05, 4.69) is 5.32 Å². The molecule has 1 saturated carbocycles. The number of likely N-dealkylation sites (tertiary alicyclic amines) is 1. The van der Waals surface area contributed by atoms with E-state index < -0.39 is 30.0 Å². The molecule has 4 N–H and O–H groups in total. The van der Waals surface area contributed by atoms with Crippen LogP contribution < -0.4 is 11.1 Å². The monoisotopic (exact) mass is 325 g/mol. The molecule has 4 atom stereocenters. The molecule has 0 spiro atoms. The summed E-state index contributed by atoms with van der Waals surface area (Å²) in [7, 11) is 0. The number of β-amino-alcohol motifs (C(OH)–C–C–N with tert-alkyl or cyclic N) is 1. The summed E-state index contributed by atoms with van der Waals surface area (Å²) in [5, 5.41) is 12.3.